The fourth-order valence-corrected chi connectivity index (χ4v) is 22.5. The number of aliphatic hydroxyl groups excluding tert-OH is 4. The van der Waals surface area contributed by atoms with E-state index in [4.69, 9.17) is 103 Å². The van der Waals surface area contributed by atoms with E-state index in [1.807, 2.05) is 0 Å². The monoisotopic (exact) mass is 2190 g/mol. The second kappa shape index (κ2) is 48.1. The van der Waals surface area contributed by atoms with Crippen LogP contribution in [0, 0.1) is 35.5 Å². The SMILES string of the molecule is CC1O[C@@H](COCC2[C@H](COCC3[C@H](COC[C@@H]4C(OS(O)(O)O)C(O)OC(C)[C@@H]4OS(O)(O)O)OC(C)[C@H](OS(O)(O)O)[C@@H]3COC[C@@H]3OC(C)[C@@H](OS(O)(O)O)[C@H](OS(O)(O)O)C3OS(O)(O)O)OC(C)[C@H](OS(O)(O)O)[C@@H]2COC[C@@H]2OC(C)[C@H](OS(O)(O)O)[C@H](COC[C@@H]3OC(C)[C@@H](OS(O)(O)O)[C@H](O)C3OS(O)(O)O)C2OS(O)(O)O)C(O)[C@@H](OS(=O)(=O)O)[C@@H]1O. The second-order valence-corrected chi connectivity index (χ2v) is 44.0. The van der Waals surface area contributed by atoms with E-state index in [0.29, 0.717) is 0 Å². The molecule has 77 heteroatoms. The number of rotatable bonds is 48. The molecule has 0 saturated carbocycles. The van der Waals surface area contributed by atoms with E-state index >= 15 is 0 Å². The maximum atomic E-state index is 12.0. The lowest BCUT2D eigenvalue weighted by Gasteiger charge is -2.49. The Labute approximate surface area is 764 Å². The maximum Gasteiger partial charge on any atom is 0.397 e. The summed E-state index contributed by atoms with van der Waals surface area (Å²) in [6, 6.07) is 0. The number of hydrogen-bond acceptors (Lipinski definition) is 64. The first-order valence-electron chi connectivity index (χ1n) is 37.4. The molecule has 7 aliphatic heterocycles. The zero-order valence-corrected chi connectivity index (χ0v) is 78.4. The highest BCUT2D eigenvalue weighted by molar-refractivity contribution is 8.17. The van der Waals surface area contributed by atoms with Crippen LogP contribution in [0.15, 0.2) is 0 Å². The van der Waals surface area contributed by atoms with Gasteiger partial charge in [-0.1, -0.05) is 0 Å². The van der Waals surface area contributed by atoms with Crippen LogP contribution in [0.4, 0.5) is 0 Å². The molecule has 7 heterocycles. The predicted molar refractivity (Wildman–Crippen MR) is 447 cm³/mol. The van der Waals surface area contributed by atoms with Crippen LogP contribution in [0.5, 0.6) is 0 Å². The van der Waals surface area contributed by atoms with E-state index < -0.39 is 425 Å². The molecule has 0 aromatic heterocycles. The van der Waals surface area contributed by atoms with Crippen LogP contribution in [-0.4, -0.2) is 440 Å². The molecule has 131 heavy (non-hydrogen) atoms. The van der Waals surface area contributed by atoms with E-state index in [2.05, 4.69) is 8.37 Å². The maximum absolute atomic E-state index is 12.0. The summed E-state index contributed by atoms with van der Waals surface area (Å²) in [4.78, 5) is 0. The summed E-state index contributed by atoms with van der Waals surface area (Å²) in [5.41, 5.74) is 0. The van der Waals surface area contributed by atoms with Crippen LogP contribution in [-0.2, 0) is 122 Å². The van der Waals surface area contributed by atoms with Crippen LogP contribution in [0.1, 0.15) is 48.5 Å². The molecule has 0 aromatic rings. The van der Waals surface area contributed by atoms with Crippen molar-refractivity contribution < 1.29 is 295 Å². The van der Waals surface area contributed by atoms with Gasteiger partial charge in [-0.05, 0) is 48.5 Å². The average Bonchev–Trinajstić information content (AvgIpc) is 0.770. The molecule has 0 spiro atoms. The summed E-state index contributed by atoms with van der Waals surface area (Å²) in [6.45, 7) is -3.78. The molecule has 7 aliphatic rings. The van der Waals surface area contributed by atoms with Crippen LogP contribution in [0.2, 0.25) is 0 Å². The highest BCUT2D eigenvalue weighted by Crippen LogP contribution is 2.55. The minimum Gasteiger partial charge on any atom is -0.388 e. The Bertz CT molecular complexity index is 3500. The van der Waals surface area contributed by atoms with Crippen LogP contribution < -0.4 is 0 Å². The van der Waals surface area contributed by atoms with Gasteiger partial charge in [0.15, 0.2) is 6.29 Å². The van der Waals surface area contributed by atoms with Gasteiger partial charge in [0, 0.05) is 35.5 Å². The molecule has 0 aromatic carbocycles. The Balaban J connectivity index is 1.32. The fourth-order valence-electron chi connectivity index (χ4n) is 15.8. The lowest BCUT2D eigenvalue weighted by Crippen LogP contribution is -2.61. The largest absolute Gasteiger partial charge is 0.397 e. The molecule has 38 N–H and O–H groups in total. The Morgan fingerprint density at radius 3 is 0.779 bits per heavy atom. The van der Waals surface area contributed by atoms with Gasteiger partial charge in [0.25, 0.3) is 0 Å². The van der Waals surface area contributed by atoms with E-state index in [-0.39, 0.29) is 0 Å². The van der Waals surface area contributed by atoms with Gasteiger partial charge in [-0.2, -0.15) is 8.42 Å². The first-order valence-corrected chi connectivity index (χ1v) is 54.5. The molecule has 0 bridgehead atoms. The third-order valence-electron chi connectivity index (χ3n) is 20.7. The normalized spacial score (nSPS) is 39.7. The molecule has 7 saturated heterocycles. The molecular weight excluding hydrogens is 2070 g/mol. The van der Waals surface area contributed by atoms with E-state index in [1.54, 1.807) is 0 Å². The van der Waals surface area contributed by atoms with Crippen LogP contribution in [0.3, 0.4) is 0 Å². The van der Waals surface area contributed by atoms with Crippen molar-refractivity contribution in [2.45, 2.75) is 226 Å². The zero-order chi connectivity index (χ0) is 99.4. The minimum atomic E-state index is -5.48. The van der Waals surface area contributed by atoms with E-state index in [1.165, 1.54) is 6.92 Å². The minimum absolute atomic E-state index is 0.890. The third-order valence-corrected chi connectivity index (χ3v) is 26.5. The molecule has 7 rings (SSSR count). The smallest absolute Gasteiger partial charge is 0.388 e. The quantitative estimate of drug-likeness (QED) is 0.0345. The van der Waals surface area contributed by atoms with Crippen molar-refractivity contribution in [3.63, 3.8) is 0 Å². The summed E-state index contributed by atoms with van der Waals surface area (Å²) in [7, 11) is -5.48. The van der Waals surface area contributed by atoms with E-state index in [9.17, 15) is 184 Å². The van der Waals surface area contributed by atoms with E-state index in [0.717, 1.165) is 41.5 Å². The van der Waals surface area contributed by atoms with Crippen molar-refractivity contribution in [3.8, 4) is 0 Å². The molecule has 796 valence electrons. The lowest BCUT2D eigenvalue weighted by molar-refractivity contribution is -0.264. The van der Waals surface area contributed by atoms with Gasteiger partial charge in [-0.3, -0.25) is 201 Å². The molecule has 35 atom stereocenters. The molecule has 0 aliphatic carbocycles. The molecule has 0 amide bonds. The molecule has 0 radical (unpaired) electrons. The summed E-state index contributed by atoms with van der Waals surface area (Å²) in [6.07, 6.45) is -56.7. The number of hydrogen-bond donors (Lipinski definition) is 38. The summed E-state index contributed by atoms with van der Waals surface area (Å²) < 4.78 is 508. The van der Waals surface area contributed by atoms with Crippen LogP contribution >= 0.6 is 123 Å². The Hall–Kier alpha value is 1.28. The van der Waals surface area contributed by atoms with Gasteiger partial charge in [0.05, 0.1) is 134 Å². The Morgan fingerprint density at radius 2 is 0.412 bits per heavy atom. The van der Waals surface area contributed by atoms with Crippen molar-refractivity contribution >= 4 is 133 Å². The summed E-state index contributed by atoms with van der Waals surface area (Å²) >= 11 is -57.0. The summed E-state index contributed by atoms with van der Waals surface area (Å²) in [5, 5.41) is 44.5. The molecule has 15 unspecified atom stereocenters. The third kappa shape index (κ3) is 39.0. The number of ether oxygens (including phenoxy) is 13. The standard InChI is InChI=1S/C54H118O65S12/c1-20-39(55)52(118-130(89,90)91)40(56)35(101-20)16-96-9-28-29(10-97-17-36-48(114-126(77,78)79)31(44(23(4)104-36)110-122(65,66)67)12-100-18-37-50(116-128(83,84)85)41(57)46(25(6)105-37)112-124(71,72)73)42(108-120(59,60)61)21(2)102-33(28)14-95-8-27-30(11-98-19-38-51(117-129(86,87)88)53(119-131(92,93)94)47(26(7)106-38)113-125(74,75)76)43(109-121(62,63)64)22(3)103-34(27)15-99-13-32-45(111-123(68,69)70)24(5)107-54(58)49(32)115-127(80,81)82/h20-88,92-94H,8-19H2,1-7H3,(H,89,90,91)/t20?,21?,22?,23?,24?,25?,26?,27?,28?,29-,30-,31+,32+,33+,34+,35+,36+,37+,38+,39-,40?,41+,42+,43+,44+,45+,46-,47-,48?,49?,50?,51?,52+,53+,54?/m1/s1. The molecular formula is C54H118O65S12. The van der Waals surface area contributed by atoms with Crippen molar-refractivity contribution in [2.24, 2.45) is 35.5 Å². The van der Waals surface area contributed by atoms with Crippen molar-refractivity contribution in [1.29, 1.82) is 0 Å². The van der Waals surface area contributed by atoms with Crippen molar-refractivity contribution in [2.75, 3.05) is 79.3 Å². The topological polar surface area (TPSA) is 1030 Å². The highest BCUT2D eigenvalue weighted by atomic mass is 32.3. The predicted octanol–water partition coefficient (Wildman–Crippen LogP) is 5.28. The summed E-state index contributed by atoms with van der Waals surface area (Å²) in [5.74, 6) is -10.3. The second-order valence-electron chi connectivity index (χ2n) is 30.5. The van der Waals surface area contributed by atoms with Gasteiger partial charge >= 0.3 is 10.4 Å². The zero-order valence-electron chi connectivity index (χ0n) is 68.6. The fraction of sp³-hybridized carbons (Fsp3) is 1.00. The van der Waals surface area contributed by atoms with Crippen molar-refractivity contribution in [1.82, 2.24) is 0 Å². The van der Waals surface area contributed by atoms with Gasteiger partial charge < -0.3 is 82.0 Å². The lowest BCUT2D eigenvalue weighted by atomic mass is 9.79. The van der Waals surface area contributed by atoms with Crippen molar-refractivity contribution in [3.05, 3.63) is 0 Å². The molecule has 7 fully saturated rings. The van der Waals surface area contributed by atoms with Gasteiger partial charge in [-0.25, -0.2) is 4.18 Å². The molecule has 65 nitrogen and oxygen atoms in total. The average molecular weight is 2190 g/mol. The highest BCUT2D eigenvalue weighted by Gasteiger charge is 2.59. The first kappa shape index (κ1) is 119. The first-order chi connectivity index (χ1) is 59.4. The Kier molecular flexibility index (Phi) is 43.8. The van der Waals surface area contributed by atoms with Gasteiger partial charge in [-0.15, -0.1) is 0 Å². The Morgan fingerprint density at radius 1 is 0.183 bits per heavy atom. The number of aliphatic hydroxyl groups is 4. The van der Waals surface area contributed by atoms with Crippen LogP contribution in [0.25, 0.3) is 0 Å². The van der Waals surface area contributed by atoms with Gasteiger partial charge in [0.2, 0.25) is 123 Å². The van der Waals surface area contributed by atoms with Gasteiger partial charge in [0.1, 0.15) is 116 Å².